The molecule has 5 aromatic rings. The summed E-state index contributed by atoms with van der Waals surface area (Å²) in [6.45, 7) is 3.12. The maximum atomic E-state index is 11.5. The van der Waals surface area contributed by atoms with Crippen LogP contribution in [-0.2, 0) is 6.54 Å². The molecule has 1 fully saturated rings. The van der Waals surface area contributed by atoms with Gasteiger partial charge in [0.05, 0.1) is 40.1 Å². The van der Waals surface area contributed by atoms with Crippen molar-refractivity contribution in [2.24, 2.45) is 4.99 Å². The number of H-pyrrole nitrogens is 2. The lowest BCUT2D eigenvalue weighted by Gasteiger charge is -2.15. The number of non-ortho nitro benzene ring substituents is 1. The molecule has 1 saturated heterocycles. The van der Waals surface area contributed by atoms with E-state index in [0.29, 0.717) is 27.9 Å². The molecule has 0 aliphatic carbocycles. The molecule has 0 bridgehead atoms. The van der Waals surface area contributed by atoms with E-state index >= 15 is 0 Å². The van der Waals surface area contributed by atoms with Gasteiger partial charge in [-0.2, -0.15) is 0 Å². The molecule has 1 aliphatic rings. The third kappa shape index (κ3) is 5.41. The molecule has 3 heterocycles. The average Bonchev–Trinajstić information content (AvgIpc) is 3.73. The van der Waals surface area contributed by atoms with Crippen LogP contribution in [0.5, 0.6) is 5.88 Å². The Bertz CT molecular complexity index is 1690. The summed E-state index contributed by atoms with van der Waals surface area (Å²) < 4.78 is 0. The first-order chi connectivity index (χ1) is 19.5. The molecule has 0 saturated carbocycles. The van der Waals surface area contributed by atoms with Gasteiger partial charge in [-0.15, -0.1) is 0 Å². The third-order valence-electron chi connectivity index (χ3n) is 7.15. The first kappa shape index (κ1) is 25.3. The number of nitrogens with one attached hydrogen (secondary N) is 2. The molecule has 0 amide bonds. The maximum absolute atomic E-state index is 11.5. The zero-order valence-corrected chi connectivity index (χ0v) is 21.7. The van der Waals surface area contributed by atoms with Crippen molar-refractivity contribution in [2.75, 3.05) is 13.1 Å². The Hall–Kier alpha value is -5.02. The van der Waals surface area contributed by atoms with Gasteiger partial charge in [0.25, 0.3) is 5.69 Å². The molecular weight excluding hydrogens is 504 g/mol. The molecule has 1 aliphatic heterocycles. The number of fused-ring (bicyclic) bond motifs is 1. The lowest BCUT2D eigenvalue weighted by atomic mass is 9.99. The van der Waals surface area contributed by atoms with E-state index in [1.54, 1.807) is 18.6 Å². The van der Waals surface area contributed by atoms with Crippen LogP contribution in [0.2, 0.25) is 0 Å². The summed E-state index contributed by atoms with van der Waals surface area (Å²) in [5.74, 6) is -0.0884. The number of hydrogen-bond acceptors (Lipinski definition) is 6. The number of rotatable bonds is 8. The molecule has 0 radical (unpaired) electrons. The van der Waals surface area contributed by atoms with Crippen molar-refractivity contribution in [3.63, 3.8) is 0 Å². The van der Waals surface area contributed by atoms with Crippen LogP contribution < -0.4 is 0 Å². The van der Waals surface area contributed by atoms with Gasteiger partial charge in [0.15, 0.2) is 5.88 Å². The SMILES string of the molecule is O=[N+]([O-])c1ccc2[nH]c(O)c(C(=Nc3ccc(C=Cc4cnc[nH]4)cc3)c3ccc(CN4CCCC4)cc3)c2c1. The number of aromatic hydroxyl groups is 1. The Morgan fingerprint density at radius 1 is 1.05 bits per heavy atom. The van der Waals surface area contributed by atoms with E-state index in [-0.39, 0.29) is 11.6 Å². The van der Waals surface area contributed by atoms with Gasteiger partial charge in [-0.05, 0) is 61.3 Å². The lowest BCUT2D eigenvalue weighted by molar-refractivity contribution is -0.384. The van der Waals surface area contributed by atoms with Crippen molar-refractivity contribution in [3.05, 3.63) is 117 Å². The number of likely N-dealkylation sites (tertiary alicyclic amines) is 1. The van der Waals surface area contributed by atoms with E-state index in [9.17, 15) is 15.2 Å². The predicted octanol–water partition coefficient (Wildman–Crippen LogP) is 6.44. The van der Waals surface area contributed by atoms with Crippen LogP contribution in [0.1, 0.15) is 40.8 Å². The summed E-state index contributed by atoms with van der Waals surface area (Å²) in [6, 6.07) is 20.4. The van der Waals surface area contributed by atoms with Crippen LogP contribution in [0.3, 0.4) is 0 Å². The molecule has 0 atom stereocenters. The first-order valence-corrected chi connectivity index (χ1v) is 13.2. The van der Waals surface area contributed by atoms with Crippen molar-refractivity contribution in [3.8, 4) is 5.88 Å². The summed E-state index contributed by atoms with van der Waals surface area (Å²) in [5.41, 5.74) is 6.08. The molecule has 3 aromatic carbocycles. The number of aromatic nitrogens is 3. The highest BCUT2D eigenvalue weighted by Crippen LogP contribution is 2.34. The largest absolute Gasteiger partial charge is 0.494 e. The first-order valence-electron chi connectivity index (χ1n) is 13.2. The second-order valence-electron chi connectivity index (χ2n) is 9.91. The number of nitro groups is 1. The van der Waals surface area contributed by atoms with Crippen LogP contribution in [0, 0.1) is 10.1 Å². The van der Waals surface area contributed by atoms with Gasteiger partial charge in [0.2, 0.25) is 0 Å². The Morgan fingerprint density at radius 3 is 2.52 bits per heavy atom. The highest BCUT2D eigenvalue weighted by molar-refractivity contribution is 6.22. The zero-order chi connectivity index (χ0) is 27.5. The number of nitro benzene ring substituents is 1. The van der Waals surface area contributed by atoms with Crippen molar-refractivity contribution in [2.45, 2.75) is 19.4 Å². The smallest absolute Gasteiger partial charge is 0.270 e. The molecule has 3 N–H and O–H groups in total. The van der Waals surface area contributed by atoms with E-state index in [2.05, 4.69) is 32.0 Å². The van der Waals surface area contributed by atoms with Crippen molar-refractivity contribution in [1.82, 2.24) is 19.9 Å². The molecule has 200 valence electrons. The van der Waals surface area contributed by atoms with Gasteiger partial charge in [-0.25, -0.2) is 9.98 Å². The normalized spacial score (nSPS) is 14.4. The van der Waals surface area contributed by atoms with E-state index in [1.165, 1.54) is 30.5 Å². The third-order valence-corrected chi connectivity index (χ3v) is 7.15. The summed E-state index contributed by atoms with van der Waals surface area (Å²) in [7, 11) is 0. The number of imidazole rings is 1. The van der Waals surface area contributed by atoms with Crippen LogP contribution in [0.25, 0.3) is 23.1 Å². The van der Waals surface area contributed by atoms with Gasteiger partial charge in [-0.3, -0.25) is 15.0 Å². The summed E-state index contributed by atoms with van der Waals surface area (Å²) in [6.07, 6.45) is 9.77. The topological polar surface area (TPSA) is 123 Å². The lowest BCUT2D eigenvalue weighted by Crippen LogP contribution is -2.18. The number of aromatic amines is 2. The molecule has 0 spiro atoms. The van der Waals surface area contributed by atoms with Crippen LogP contribution in [-0.4, -0.2) is 48.7 Å². The van der Waals surface area contributed by atoms with Gasteiger partial charge in [0, 0.05) is 35.1 Å². The van der Waals surface area contributed by atoms with Crippen LogP contribution >= 0.6 is 0 Å². The number of hydrogen-bond donors (Lipinski definition) is 3. The Kier molecular flexibility index (Phi) is 6.95. The number of nitrogens with zero attached hydrogens (tertiary/aromatic N) is 4. The second-order valence-corrected chi connectivity index (χ2v) is 9.91. The van der Waals surface area contributed by atoms with E-state index < -0.39 is 4.92 Å². The van der Waals surface area contributed by atoms with Crippen LogP contribution in [0.15, 0.2) is 84.2 Å². The zero-order valence-electron chi connectivity index (χ0n) is 21.7. The molecular formula is C31H28N6O3. The molecule has 40 heavy (non-hydrogen) atoms. The molecule has 0 unspecified atom stereocenters. The van der Waals surface area contributed by atoms with Crippen LogP contribution in [0.4, 0.5) is 11.4 Å². The second kappa shape index (κ2) is 11.0. The summed E-state index contributed by atoms with van der Waals surface area (Å²) in [4.78, 5) is 28.5. The molecule has 6 rings (SSSR count). The van der Waals surface area contributed by atoms with Crippen molar-refractivity contribution >= 4 is 40.1 Å². The fraction of sp³-hybridized carbons (Fsp3) is 0.161. The molecule has 9 nitrogen and oxygen atoms in total. The maximum Gasteiger partial charge on any atom is 0.270 e. The fourth-order valence-corrected chi connectivity index (χ4v) is 5.08. The Morgan fingerprint density at radius 2 is 1.82 bits per heavy atom. The standard InChI is InChI=1S/C31H28N6O3/c38-31-29(27-17-26(37(39)40)13-14-28(27)35-31)30(23-8-3-22(4-9-23)19-36-15-1-2-16-36)34-24-10-5-21(6-11-24)7-12-25-18-32-20-33-25/h3-14,17-18,20,35,38H,1-2,15-16,19H2,(H,32,33). The van der Waals surface area contributed by atoms with E-state index in [1.807, 2.05) is 48.6 Å². The highest BCUT2D eigenvalue weighted by atomic mass is 16.6. The summed E-state index contributed by atoms with van der Waals surface area (Å²) >= 11 is 0. The van der Waals surface area contributed by atoms with E-state index in [0.717, 1.165) is 36.5 Å². The molecule has 9 heteroatoms. The summed E-state index contributed by atoms with van der Waals surface area (Å²) in [5, 5.41) is 23.0. The quantitative estimate of drug-likeness (QED) is 0.121. The predicted molar refractivity (Wildman–Crippen MR) is 157 cm³/mol. The minimum atomic E-state index is -0.438. The van der Waals surface area contributed by atoms with Gasteiger partial charge < -0.3 is 15.1 Å². The van der Waals surface area contributed by atoms with E-state index in [4.69, 9.17) is 4.99 Å². The van der Waals surface area contributed by atoms with Gasteiger partial charge in [-0.1, -0.05) is 42.5 Å². The Balaban J connectivity index is 1.40. The average molecular weight is 533 g/mol. The highest BCUT2D eigenvalue weighted by Gasteiger charge is 2.21. The monoisotopic (exact) mass is 532 g/mol. The fourth-order valence-electron chi connectivity index (χ4n) is 5.08. The van der Waals surface area contributed by atoms with Gasteiger partial charge in [0.1, 0.15) is 0 Å². The molecule has 2 aromatic heterocycles. The van der Waals surface area contributed by atoms with Crippen molar-refractivity contribution in [1.29, 1.82) is 0 Å². The minimum absolute atomic E-state index is 0.0542. The van der Waals surface area contributed by atoms with Crippen molar-refractivity contribution < 1.29 is 10.0 Å². The number of aliphatic imine (C=N–C) groups is 1. The Labute approximate surface area is 230 Å². The van der Waals surface area contributed by atoms with Gasteiger partial charge >= 0.3 is 0 Å². The number of benzene rings is 3. The minimum Gasteiger partial charge on any atom is -0.494 e.